The lowest BCUT2D eigenvalue weighted by atomic mass is 10.3. The zero-order valence-corrected chi connectivity index (χ0v) is 14.3. The molecule has 2 N–H and O–H groups in total. The van der Waals surface area contributed by atoms with E-state index < -0.39 is 11.8 Å². The Labute approximate surface area is 151 Å². The Balaban J connectivity index is 1.53. The van der Waals surface area contributed by atoms with Crippen LogP contribution in [0.5, 0.6) is 5.75 Å². The zero-order valence-electron chi connectivity index (χ0n) is 12.7. The second-order valence-electron chi connectivity index (χ2n) is 4.80. The van der Waals surface area contributed by atoms with Gasteiger partial charge in [0.05, 0.1) is 5.69 Å². The van der Waals surface area contributed by atoms with Crippen molar-refractivity contribution in [3.63, 3.8) is 0 Å². The number of carbonyl (C=O) groups excluding carboxylic acids is 1. The van der Waals surface area contributed by atoms with Gasteiger partial charge in [-0.3, -0.25) is 5.32 Å². The van der Waals surface area contributed by atoms with Gasteiger partial charge in [0.15, 0.2) is 5.01 Å². The van der Waals surface area contributed by atoms with Gasteiger partial charge in [0.1, 0.15) is 18.2 Å². The van der Waals surface area contributed by atoms with Gasteiger partial charge < -0.3 is 10.1 Å². The molecule has 0 aliphatic heterocycles. The number of ether oxygens (including phenoxy) is 1. The van der Waals surface area contributed by atoms with Gasteiger partial charge in [-0.1, -0.05) is 35.1 Å². The smallest absolute Gasteiger partial charge is 0.325 e. The minimum atomic E-state index is -0.605. The van der Waals surface area contributed by atoms with Gasteiger partial charge in [-0.15, -0.1) is 10.2 Å². The number of anilines is 2. The molecule has 0 bridgehead atoms. The van der Waals surface area contributed by atoms with Gasteiger partial charge in [-0.05, 0) is 36.4 Å². The van der Waals surface area contributed by atoms with E-state index in [1.807, 2.05) is 0 Å². The van der Waals surface area contributed by atoms with Crippen molar-refractivity contribution in [2.24, 2.45) is 0 Å². The van der Waals surface area contributed by atoms with Crippen molar-refractivity contribution in [1.29, 1.82) is 0 Å². The lowest BCUT2D eigenvalue weighted by Crippen LogP contribution is -2.19. The van der Waals surface area contributed by atoms with E-state index in [4.69, 9.17) is 16.3 Å². The van der Waals surface area contributed by atoms with Crippen molar-refractivity contribution in [2.45, 2.75) is 6.61 Å². The fraction of sp³-hybridized carbons (Fsp3) is 0.0625. The topological polar surface area (TPSA) is 76.1 Å². The highest BCUT2D eigenvalue weighted by atomic mass is 35.5. The molecule has 0 atom stereocenters. The molecular weight excluding hydrogens is 367 g/mol. The second kappa shape index (κ2) is 7.91. The predicted molar refractivity (Wildman–Crippen MR) is 94.7 cm³/mol. The quantitative estimate of drug-likeness (QED) is 0.682. The van der Waals surface area contributed by atoms with E-state index in [2.05, 4.69) is 20.8 Å². The van der Waals surface area contributed by atoms with Gasteiger partial charge in [-0.25, -0.2) is 9.18 Å². The fourth-order valence-electron chi connectivity index (χ4n) is 1.85. The third-order valence-electron chi connectivity index (χ3n) is 2.99. The summed E-state index contributed by atoms with van der Waals surface area (Å²) in [5.74, 6) is 0.123. The lowest BCUT2D eigenvalue weighted by molar-refractivity contribution is 0.262. The maximum absolute atomic E-state index is 13.5. The third kappa shape index (κ3) is 4.88. The number of nitrogens with zero attached hydrogens (tertiary/aromatic N) is 2. The molecule has 9 heteroatoms. The first kappa shape index (κ1) is 17.1. The average molecular weight is 379 g/mol. The molecule has 128 valence electrons. The maximum atomic E-state index is 13.5. The number of rotatable bonds is 5. The predicted octanol–water partition coefficient (Wildman–Crippen LogP) is 4.55. The highest BCUT2D eigenvalue weighted by Gasteiger charge is 2.10. The van der Waals surface area contributed by atoms with Gasteiger partial charge in [-0.2, -0.15) is 0 Å². The summed E-state index contributed by atoms with van der Waals surface area (Å²) in [5, 5.41) is 14.2. The Morgan fingerprint density at radius 1 is 1.12 bits per heavy atom. The van der Waals surface area contributed by atoms with Crippen LogP contribution in [0.3, 0.4) is 0 Å². The molecular formula is C16H12ClFN4O2S. The maximum Gasteiger partial charge on any atom is 0.325 e. The number of halogens is 2. The molecule has 25 heavy (non-hydrogen) atoms. The summed E-state index contributed by atoms with van der Waals surface area (Å²) in [6.45, 7) is 0.204. The van der Waals surface area contributed by atoms with Crippen molar-refractivity contribution in [1.82, 2.24) is 10.2 Å². The van der Waals surface area contributed by atoms with Crippen LogP contribution >= 0.6 is 22.9 Å². The summed E-state index contributed by atoms with van der Waals surface area (Å²) in [7, 11) is 0. The largest absolute Gasteiger partial charge is 0.486 e. The van der Waals surface area contributed by atoms with Crippen LogP contribution in [-0.2, 0) is 6.61 Å². The van der Waals surface area contributed by atoms with Gasteiger partial charge in [0.25, 0.3) is 0 Å². The van der Waals surface area contributed by atoms with Crippen molar-refractivity contribution < 1.29 is 13.9 Å². The molecule has 0 spiro atoms. The SMILES string of the molecule is O=C(Nc1nnc(COc2ccc(Cl)cc2)s1)Nc1ccccc1F. The van der Waals surface area contributed by atoms with E-state index in [0.717, 1.165) is 11.3 Å². The third-order valence-corrected chi connectivity index (χ3v) is 4.05. The molecule has 0 aliphatic rings. The second-order valence-corrected chi connectivity index (χ2v) is 6.30. The van der Waals surface area contributed by atoms with Crippen molar-refractivity contribution >= 4 is 39.8 Å². The molecule has 0 fully saturated rings. The Hall–Kier alpha value is -2.71. The monoisotopic (exact) mass is 378 g/mol. The van der Waals surface area contributed by atoms with Gasteiger partial charge in [0.2, 0.25) is 5.13 Å². The summed E-state index contributed by atoms with van der Waals surface area (Å²) < 4.78 is 19.0. The van der Waals surface area contributed by atoms with Crippen LogP contribution in [0.15, 0.2) is 48.5 Å². The summed E-state index contributed by atoms with van der Waals surface area (Å²) in [5.41, 5.74) is 0.0795. The molecule has 0 aliphatic carbocycles. The van der Waals surface area contributed by atoms with E-state index in [9.17, 15) is 9.18 Å². The highest BCUT2D eigenvalue weighted by Crippen LogP contribution is 2.20. The molecule has 2 amide bonds. The number of aromatic nitrogens is 2. The van der Waals surface area contributed by atoms with Crippen LogP contribution in [0.2, 0.25) is 5.02 Å². The molecule has 1 aromatic heterocycles. The lowest BCUT2D eigenvalue weighted by Gasteiger charge is -2.05. The molecule has 2 aromatic carbocycles. The van der Waals surface area contributed by atoms with E-state index in [0.29, 0.717) is 15.8 Å². The number of benzene rings is 2. The molecule has 1 heterocycles. The number of urea groups is 1. The van der Waals surface area contributed by atoms with Crippen LogP contribution in [0.25, 0.3) is 0 Å². The summed E-state index contributed by atoms with van der Waals surface area (Å²) in [6.07, 6.45) is 0. The van der Waals surface area contributed by atoms with E-state index in [-0.39, 0.29) is 17.4 Å². The van der Waals surface area contributed by atoms with Crippen LogP contribution in [0.1, 0.15) is 5.01 Å². The molecule has 0 radical (unpaired) electrons. The molecule has 0 saturated heterocycles. The van der Waals surface area contributed by atoms with Crippen molar-refractivity contribution in [3.8, 4) is 5.75 Å². The van der Waals surface area contributed by atoms with Gasteiger partial charge in [0, 0.05) is 5.02 Å². The number of hydrogen-bond acceptors (Lipinski definition) is 5. The van der Waals surface area contributed by atoms with E-state index >= 15 is 0 Å². The Morgan fingerprint density at radius 3 is 2.64 bits per heavy atom. The summed E-state index contributed by atoms with van der Waals surface area (Å²) in [4.78, 5) is 11.9. The normalized spacial score (nSPS) is 10.3. The van der Waals surface area contributed by atoms with Crippen molar-refractivity contribution in [2.75, 3.05) is 10.6 Å². The van der Waals surface area contributed by atoms with Gasteiger partial charge >= 0.3 is 6.03 Å². The number of hydrogen-bond donors (Lipinski definition) is 2. The standard InChI is InChI=1S/C16H12ClFN4O2S/c17-10-5-7-11(8-6-10)24-9-14-21-22-16(25-14)20-15(23)19-13-4-2-1-3-12(13)18/h1-8H,9H2,(H2,19,20,22,23). The van der Waals surface area contributed by atoms with Crippen LogP contribution < -0.4 is 15.4 Å². The van der Waals surface area contributed by atoms with Crippen LogP contribution in [0.4, 0.5) is 20.0 Å². The summed E-state index contributed by atoms with van der Waals surface area (Å²) in [6, 6.07) is 12.2. The average Bonchev–Trinajstić information content (AvgIpc) is 3.04. The van der Waals surface area contributed by atoms with Crippen LogP contribution in [-0.4, -0.2) is 16.2 Å². The Bertz CT molecular complexity index is 873. The first-order chi connectivity index (χ1) is 12.1. The minimum absolute atomic E-state index is 0.0795. The van der Waals surface area contributed by atoms with E-state index in [1.54, 1.807) is 30.3 Å². The number of amides is 2. The fourth-order valence-corrected chi connectivity index (χ4v) is 2.63. The summed E-state index contributed by atoms with van der Waals surface area (Å²) >= 11 is 6.96. The van der Waals surface area contributed by atoms with Crippen molar-refractivity contribution in [3.05, 3.63) is 64.4 Å². The Morgan fingerprint density at radius 2 is 1.88 bits per heavy atom. The molecule has 3 aromatic rings. The molecule has 0 saturated carbocycles. The molecule has 3 rings (SSSR count). The van der Waals surface area contributed by atoms with Crippen LogP contribution in [0, 0.1) is 5.82 Å². The minimum Gasteiger partial charge on any atom is -0.486 e. The first-order valence-electron chi connectivity index (χ1n) is 7.13. The highest BCUT2D eigenvalue weighted by molar-refractivity contribution is 7.15. The number of para-hydroxylation sites is 1. The first-order valence-corrected chi connectivity index (χ1v) is 8.33. The molecule has 6 nitrogen and oxygen atoms in total. The van der Waals surface area contributed by atoms with E-state index in [1.165, 1.54) is 18.2 Å². The Kier molecular flexibility index (Phi) is 5.42. The zero-order chi connectivity index (χ0) is 17.6. The number of nitrogens with one attached hydrogen (secondary N) is 2. The molecule has 0 unspecified atom stereocenters. The number of carbonyl (C=O) groups is 1.